The summed E-state index contributed by atoms with van der Waals surface area (Å²) in [4.78, 5) is 8.02. The van der Waals surface area contributed by atoms with Crippen LogP contribution in [-0.4, -0.2) is 4.98 Å². The standard InChI is InChI=1S/C7H5N2/c1-2-6-4-8-5-7(6)9-3-1/h1-5H/q-1. The van der Waals surface area contributed by atoms with Crippen molar-refractivity contribution in [1.82, 2.24) is 9.97 Å². The first kappa shape index (κ1) is 4.56. The molecular weight excluding hydrogens is 112 g/mol. The molecule has 2 nitrogen and oxygen atoms in total. The molecule has 0 aromatic carbocycles. The molecule has 0 saturated heterocycles. The van der Waals surface area contributed by atoms with E-state index in [1.165, 1.54) is 0 Å². The molecule has 9 heavy (non-hydrogen) atoms. The summed E-state index contributed by atoms with van der Waals surface area (Å²) >= 11 is 0. The molecule has 0 spiro atoms. The van der Waals surface area contributed by atoms with Crippen LogP contribution in [0.4, 0.5) is 0 Å². The van der Waals surface area contributed by atoms with Crippen molar-refractivity contribution in [2.24, 2.45) is 0 Å². The lowest BCUT2D eigenvalue weighted by molar-refractivity contribution is 1.36. The lowest BCUT2D eigenvalue weighted by atomic mass is 10.3. The van der Waals surface area contributed by atoms with Gasteiger partial charge in [0.15, 0.2) is 0 Å². The number of rotatable bonds is 0. The molecule has 0 bridgehead atoms. The van der Waals surface area contributed by atoms with Gasteiger partial charge in [0.2, 0.25) is 0 Å². The molecule has 0 aliphatic heterocycles. The molecule has 2 heteroatoms. The Morgan fingerprint density at radius 2 is 2.33 bits per heavy atom. The molecule has 0 atom stereocenters. The first-order valence-corrected chi connectivity index (χ1v) is 2.78. The summed E-state index contributed by atoms with van der Waals surface area (Å²) in [6, 6.07) is 3.90. The van der Waals surface area contributed by atoms with Gasteiger partial charge in [-0.15, -0.1) is 6.20 Å². The Kier molecular flexibility index (Phi) is 0.803. The zero-order chi connectivity index (χ0) is 6.10. The number of nitrogens with zero attached hydrogens (tertiary/aromatic N) is 2. The Morgan fingerprint density at radius 1 is 1.33 bits per heavy atom. The van der Waals surface area contributed by atoms with E-state index in [0.29, 0.717) is 0 Å². The van der Waals surface area contributed by atoms with Gasteiger partial charge in [-0.3, -0.25) is 4.98 Å². The maximum Gasteiger partial charge on any atom is 0.0465 e. The summed E-state index contributed by atoms with van der Waals surface area (Å²) in [5, 5.41) is 1.11. The third-order valence-corrected chi connectivity index (χ3v) is 1.28. The number of aromatic nitrogens is 2. The summed E-state index contributed by atoms with van der Waals surface area (Å²) in [5.41, 5.74) is 0.970. The summed E-state index contributed by atoms with van der Waals surface area (Å²) < 4.78 is 0. The molecule has 0 radical (unpaired) electrons. The summed E-state index contributed by atoms with van der Waals surface area (Å²) in [5.74, 6) is 0. The van der Waals surface area contributed by atoms with Crippen molar-refractivity contribution in [3.8, 4) is 0 Å². The zero-order valence-electron chi connectivity index (χ0n) is 4.78. The second-order valence-corrected chi connectivity index (χ2v) is 1.89. The Labute approximate surface area is 52.5 Å². The van der Waals surface area contributed by atoms with Gasteiger partial charge in [-0.25, -0.2) is 0 Å². The smallest absolute Gasteiger partial charge is 0.0465 e. The first-order valence-electron chi connectivity index (χ1n) is 2.78. The Morgan fingerprint density at radius 3 is 3.22 bits per heavy atom. The molecule has 0 aliphatic rings. The maximum atomic E-state index is 4.08. The monoisotopic (exact) mass is 117 g/mol. The maximum absolute atomic E-state index is 4.08. The van der Waals surface area contributed by atoms with Gasteiger partial charge in [0.25, 0.3) is 0 Å². The van der Waals surface area contributed by atoms with Crippen molar-refractivity contribution in [1.29, 1.82) is 0 Å². The normalized spacial score (nSPS) is 10.2. The number of pyridine rings is 1. The van der Waals surface area contributed by atoms with Crippen LogP contribution in [0.3, 0.4) is 0 Å². The van der Waals surface area contributed by atoms with Gasteiger partial charge in [0.05, 0.1) is 0 Å². The van der Waals surface area contributed by atoms with E-state index in [9.17, 15) is 0 Å². The van der Waals surface area contributed by atoms with Crippen molar-refractivity contribution in [2.45, 2.75) is 0 Å². The highest BCUT2D eigenvalue weighted by Crippen LogP contribution is 2.06. The molecule has 0 fully saturated rings. The molecule has 0 amide bonds. The number of fused-ring (bicyclic) bond motifs is 1. The molecule has 2 heterocycles. The lowest BCUT2D eigenvalue weighted by Gasteiger charge is -1.84. The van der Waals surface area contributed by atoms with Crippen LogP contribution >= 0.6 is 0 Å². The van der Waals surface area contributed by atoms with Crippen LogP contribution in [0, 0.1) is 0 Å². The fraction of sp³-hybridized carbons (Fsp3) is 0. The molecule has 2 aromatic heterocycles. The highest BCUT2D eigenvalue weighted by molar-refractivity contribution is 5.77. The van der Waals surface area contributed by atoms with Crippen LogP contribution in [0.25, 0.3) is 10.9 Å². The van der Waals surface area contributed by atoms with Crippen LogP contribution in [0.1, 0.15) is 0 Å². The highest BCUT2D eigenvalue weighted by atomic mass is 14.7. The van der Waals surface area contributed by atoms with Crippen LogP contribution in [0.2, 0.25) is 0 Å². The van der Waals surface area contributed by atoms with E-state index in [1.807, 2.05) is 18.3 Å². The van der Waals surface area contributed by atoms with Crippen LogP contribution in [-0.2, 0) is 0 Å². The van der Waals surface area contributed by atoms with Gasteiger partial charge >= 0.3 is 0 Å². The fourth-order valence-corrected chi connectivity index (χ4v) is 0.835. The van der Waals surface area contributed by atoms with Gasteiger partial charge in [-0.1, -0.05) is 6.07 Å². The number of hydrogen-bond acceptors (Lipinski definition) is 1. The van der Waals surface area contributed by atoms with Gasteiger partial charge in [0, 0.05) is 11.7 Å². The van der Waals surface area contributed by atoms with Crippen molar-refractivity contribution in [3.05, 3.63) is 30.7 Å². The summed E-state index contributed by atoms with van der Waals surface area (Å²) in [6.07, 6.45) is 5.34. The molecule has 0 unspecified atom stereocenters. The average Bonchev–Trinajstić information content (AvgIpc) is 2.33. The second kappa shape index (κ2) is 1.58. The molecular formula is C7H5N2-. The molecule has 2 rings (SSSR count). The third kappa shape index (κ3) is 0.598. The first-order chi connectivity index (χ1) is 4.47. The largest absolute Gasteiger partial charge is 0.668 e. The second-order valence-electron chi connectivity index (χ2n) is 1.89. The minimum Gasteiger partial charge on any atom is -0.668 e. The van der Waals surface area contributed by atoms with Crippen LogP contribution in [0.5, 0.6) is 0 Å². The molecule has 0 aliphatic carbocycles. The van der Waals surface area contributed by atoms with Gasteiger partial charge in [0.1, 0.15) is 0 Å². The fourth-order valence-electron chi connectivity index (χ4n) is 0.835. The SMILES string of the molecule is c1cnc2c[n-]cc2c1. The average molecular weight is 117 g/mol. The van der Waals surface area contributed by atoms with E-state index in [2.05, 4.69) is 9.97 Å². The van der Waals surface area contributed by atoms with Crippen molar-refractivity contribution >= 4 is 10.9 Å². The van der Waals surface area contributed by atoms with Crippen LogP contribution < -0.4 is 4.98 Å². The van der Waals surface area contributed by atoms with Crippen molar-refractivity contribution in [2.75, 3.05) is 0 Å². The van der Waals surface area contributed by atoms with E-state index >= 15 is 0 Å². The predicted molar refractivity (Wildman–Crippen MR) is 35.1 cm³/mol. The molecule has 44 valence electrons. The Bertz CT molecular complexity index is 281. The minimum atomic E-state index is 0.970. The van der Waals surface area contributed by atoms with E-state index in [4.69, 9.17) is 0 Å². The lowest BCUT2D eigenvalue weighted by Crippen LogP contribution is -1.66. The van der Waals surface area contributed by atoms with E-state index in [1.54, 1.807) is 12.4 Å². The van der Waals surface area contributed by atoms with E-state index in [0.717, 1.165) is 10.9 Å². The predicted octanol–water partition coefficient (Wildman–Crippen LogP) is 1.19. The Balaban J connectivity index is 2.95. The topological polar surface area (TPSA) is 27.0 Å². The van der Waals surface area contributed by atoms with Gasteiger partial charge in [-0.05, 0) is 11.5 Å². The Hall–Kier alpha value is -1.31. The van der Waals surface area contributed by atoms with Crippen molar-refractivity contribution in [3.63, 3.8) is 0 Å². The van der Waals surface area contributed by atoms with Gasteiger partial charge < -0.3 is 4.98 Å². The third-order valence-electron chi connectivity index (χ3n) is 1.28. The molecule has 2 aromatic rings. The van der Waals surface area contributed by atoms with Gasteiger partial charge in [-0.2, -0.15) is 6.20 Å². The summed E-state index contributed by atoms with van der Waals surface area (Å²) in [7, 11) is 0. The zero-order valence-corrected chi connectivity index (χ0v) is 4.78. The molecule has 0 saturated carbocycles. The van der Waals surface area contributed by atoms with E-state index in [-0.39, 0.29) is 0 Å². The summed E-state index contributed by atoms with van der Waals surface area (Å²) in [6.45, 7) is 0. The molecule has 0 N–H and O–H groups in total. The van der Waals surface area contributed by atoms with Crippen molar-refractivity contribution < 1.29 is 0 Å². The van der Waals surface area contributed by atoms with Crippen LogP contribution in [0.15, 0.2) is 30.7 Å². The number of hydrogen-bond donors (Lipinski definition) is 0. The highest BCUT2D eigenvalue weighted by Gasteiger charge is 1.81. The van der Waals surface area contributed by atoms with E-state index < -0.39 is 0 Å². The quantitative estimate of drug-likeness (QED) is 0.518. The minimum absolute atomic E-state index is 0.970.